The van der Waals surface area contributed by atoms with Crippen molar-refractivity contribution in [3.8, 4) is 11.1 Å². The number of rotatable bonds is 8. The second kappa shape index (κ2) is 8.78. The Kier molecular flexibility index (Phi) is 5.80. The van der Waals surface area contributed by atoms with Crippen LogP contribution in [0.5, 0.6) is 0 Å². The van der Waals surface area contributed by atoms with Gasteiger partial charge in [-0.25, -0.2) is 9.59 Å². The molecule has 2 aromatic rings. The molecule has 0 bridgehead atoms. The van der Waals surface area contributed by atoms with Crippen molar-refractivity contribution in [2.24, 2.45) is 11.3 Å². The minimum Gasteiger partial charge on any atom is -0.480 e. The van der Waals surface area contributed by atoms with Crippen LogP contribution in [0.25, 0.3) is 11.1 Å². The van der Waals surface area contributed by atoms with E-state index in [9.17, 15) is 19.5 Å². The summed E-state index contributed by atoms with van der Waals surface area (Å²) in [4.78, 5) is 36.9. The summed E-state index contributed by atoms with van der Waals surface area (Å²) >= 11 is 0. The fraction of sp³-hybridized carbons (Fsp3) is 0.444. The summed E-state index contributed by atoms with van der Waals surface area (Å²) in [5.74, 6) is -1.02. The number of hydrogen-bond acceptors (Lipinski definition) is 4. The molecule has 0 aliphatic heterocycles. The van der Waals surface area contributed by atoms with Gasteiger partial charge in [0.05, 0.1) is 5.41 Å². The van der Waals surface area contributed by atoms with Crippen molar-refractivity contribution in [1.29, 1.82) is 0 Å². The third-order valence-electron chi connectivity index (χ3n) is 7.71. The molecule has 178 valence electrons. The van der Waals surface area contributed by atoms with E-state index in [4.69, 9.17) is 4.74 Å². The Morgan fingerprint density at radius 1 is 1.06 bits per heavy atom. The van der Waals surface area contributed by atoms with Crippen LogP contribution in [0.2, 0.25) is 0 Å². The standard InChI is InChI=1S/C27H30N2O5/c1-2-7-23(24(30)31)29-25(32)27-13-16(27)12-17(14-27)28-26(33)34-15-22-20-10-5-3-8-18(20)19-9-4-6-11-21(19)22/h3-6,8-11,16-17,22-23H,2,7,12-15H2,1H3,(H,28,33)(H,29,32)(H,30,31). The number of carbonyl (C=O) groups is 3. The molecule has 4 atom stereocenters. The monoisotopic (exact) mass is 462 g/mol. The van der Waals surface area contributed by atoms with Gasteiger partial charge in [-0.1, -0.05) is 61.9 Å². The molecule has 2 aromatic carbocycles. The Labute approximate surface area is 198 Å². The van der Waals surface area contributed by atoms with Gasteiger partial charge >= 0.3 is 12.1 Å². The highest BCUT2D eigenvalue weighted by atomic mass is 16.5. The Morgan fingerprint density at radius 2 is 1.71 bits per heavy atom. The van der Waals surface area contributed by atoms with E-state index in [1.807, 2.05) is 31.2 Å². The van der Waals surface area contributed by atoms with Crippen LogP contribution in [0.1, 0.15) is 56.1 Å². The molecule has 0 heterocycles. The van der Waals surface area contributed by atoms with Gasteiger partial charge in [0.2, 0.25) is 5.91 Å². The molecular weight excluding hydrogens is 432 g/mol. The molecule has 2 fully saturated rings. The van der Waals surface area contributed by atoms with E-state index in [1.54, 1.807) is 0 Å². The number of hydrogen-bond donors (Lipinski definition) is 3. The molecule has 3 aliphatic carbocycles. The quantitative estimate of drug-likeness (QED) is 0.549. The molecule has 7 nitrogen and oxygen atoms in total. The van der Waals surface area contributed by atoms with Crippen molar-refractivity contribution in [3.05, 3.63) is 59.7 Å². The molecule has 4 unspecified atom stereocenters. The van der Waals surface area contributed by atoms with E-state index in [0.29, 0.717) is 25.7 Å². The number of alkyl carbamates (subject to hydrolysis) is 1. The molecular formula is C27H30N2O5. The zero-order valence-electron chi connectivity index (χ0n) is 19.3. The Balaban J connectivity index is 1.17. The van der Waals surface area contributed by atoms with Crippen LogP contribution in [-0.2, 0) is 14.3 Å². The topological polar surface area (TPSA) is 105 Å². The molecule has 0 spiro atoms. The van der Waals surface area contributed by atoms with Crippen molar-refractivity contribution in [2.75, 3.05) is 6.61 Å². The summed E-state index contributed by atoms with van der Waals surface area (Å²) in [6, 6.07) is 15.4. The molecule has 3 aliphatic rings. The molecule has 5 rings (SSSR count). The van der Waals surface area contributed by atoms with E-state index in [0.717, 1.165) is 17.5 Å². The minimum atomic E-state index is -1.00. The molecule has 0 aromatic heterocycles. The fourth-order valence-corrected chi connectivity index (χ4v) is 5.94. The largest absolute Gasteiger partial charge is 0.480 e. The first-order valence-electron chi connectivity index (χ1n) is 12.1. The molecule has 2 saturated carbocycles. The number of amides is 2. The van der Waals surface area contributed by atoms with Crippen molar-refractivity contribution in [2.45, 2.75) is 57.0 Å². The van der Waals surface area contributed by atoms with Crippen LogP contribution >= 0.6 is 0 Å². The van der Waals surface area contributed by atoms with Gasteiger partial charge in [0.1, 0.15) is 12.6 Å². The predicted octanol–water partition coefficient (Wildman–Crippen LogP) is 4.06. The zero-order valence-corrected chi connectivity index (χ0v) is 19.3. The van der Waals surface area contributed by atoms with Crippen LogP contribution in [0.15, 0.2) is 48.5 Å². The van der Waals surface area contributed by atoms with Crippen LogP contribution in [0, 0.1) is 11.3 Å². The van der Waals surface area contributed by atoms with E-state index in [1.165, 1.54) is 11.1 Å². The molecule has 34 heavy (non-hydrogen) atoms. The lowest BCUT2D eigenvalue weighted by molar-refractivity contribution is -0.143. The molecule has 3 N–H and O–H groups in total. The predicted molar refractivity (Wildman–Crippen MR) is 126 cm³/mol. The second-order valence-corrected chi connectivity index (χ2v) is 9.82. The number of carboxylic acid groups (broad SMARTS) is 1. The first-order chi connectivity index (χ1) is 16.4. The van der Waals surface area contributed by atoms with Gasteiger partial charge < -0.3 is 20.5 Å². The van der Waals surface area contributed by atoms with Gasteiger partial charge in [-0.2, -0.15) is 0 Å². The summed E-state index contributed by atoms with van der Waals surface area (Å²) in [7, 11) is 0. The fourth-order valence-electron chi connectivity index (χ4n) is 5.94. The Bertz CT molecular complexity index is 1090. The number of nitrogens with one attached hydrogen (secondary N) is 2. The average molecular weight is 463 g/mol. The lowest BCUT2D eigenvalue weighted by Gasteiger charge is -2.21. The summed E-state index contributed by atoms with van der Waals surface area (Å²) in [6.45, 7) is 2.14. The van der Waals surface area contributed by atoms with Gasteiger partial charge in [0.15, 0.2) is 0 Å². The molecule has 7 heteroatoms. The highest BCUT2D eigenvalue weighted by Crippen LogP contribution is 2.63. The zero-order chi connectivity index (χ0) is 23.9. The third kappa shape index (κ3) is 3.93. The number of carbonyl (C=O) groups excluding carboxylic acids is 2. The number of benzene rings is 2. The second-order valence-electron chi connectivity index (χ2n) is 9.82. The van der Waals surface area contributed by atoms with E-state index < -0.39 is 23.5 Å². The van der Waals surface area contributed by atoms with Crippen LogP contribution in [0.4, 0.5) is 4.79 Å². The SMILES string of the molecule is CCCC(NC(=O)C12CC(NC(=O)OCC3c4ccccc4-c4ccccc43)CC1C2)C(=O)O. The van der Waals surface area contributed by atoms with Gasteiger partial charge in [-0.3, -0.25) is 4.79 Å². The number of aliphatic carboxylic acids is 1. The molecule has 0 saturated heterocycles. The number of carboxylic acids is 1. The lowest BCUT2D eigenvalue weighted by Crippen LogP contribution is -2.45. The molecule has 2 amide bonds. The van der Waals surface area contributed by atoms with Crippen molar-refractivity contribution in [1.82, 2.24) is 10.6 Å². The number of fused-ring (bicyclic) bond motifs is 4. The van der Waals surface area contributed by atoms with Gasteiger partial charge in [-0.05, 0) is 53.9 Å². The normalized spacial score (nSPS) is 25.0. The summed E-state index contributed by atoms with van der Waals surface area (Å²) in [5.41, 5.74) is 4.13. The van der Waals surface area contributed by atoms with E-state index >= 15 is 0 Å². The van der Waals surface area contributed by atoms with E-state index in [2.05, 4.69) is 34.9 Å². The Hall–Kier alpha value is -3.35. The maximum Gasteiger partial charge on any atom is 0.407 e. The highest BCUT2D eigenvalue weighted by molar-refractivity contribution is 5.90. The van der Waals surface area contributed by atoms with Crippen LogP contribution in [0.3, 0.4) is 0 Å². The highest BCUT2D eigenvalue weighted by Gasteiger charge is 2.65. The number of ether oxygens (including phenoxy) is 1. The smallest absolute Gasteiger partial charge is 0.407 e. The van der Waals surface area contributed by atoms with Gasteiger partial charge in [0, 0.05) is 12.0 Å². The molecule has 0 radical (unpaired) electrons. The lowest BCUT2D eigenvalue weighted by atomic mass is 9.98. The van der Waals surface area contributed by atoms with Crippen molar-refractivity contribution >= 4 is 18.0 Å². The van der Waals surface area contributed by atoms with Crippen molar-refractivity contribution in [3.63, 3.8) is 0 Å². The maximum absolute atomic E-state index is 12.8. The minimum absolute atomic E-state index is 0.00114. The average Bonchev–Trinajstić information content (AvgIpc) is 3.25. The van der Waals surface area contributed by atoms with Gasteiger partial charge in [0.25, 0.3) is 0 Å². The first-order valence-corrected chi connectivity index (χ1v) is 12.1. The first kappa shape index (κ1) is 22.4. The van der Waals surface area contributed by atoms with E-state index in [-0.39, 0.29) is 30.4 Å². The van der Waals surface area contributed by atoms with Crippen LogP contribution in [-0.4, -0.2) is 41.8 Å². The summed E-state index contributed by atoms with van der Waals surface area (Å²) < 4.78 is 5.64. The maximum atomic E-state index is 12.8. The summed E-state index contributed by atoms with van der Waals surface area (Å²) in [5, 5.41) is 15.0. The van der Waals surface area contributed by atoms with Crippen molar-refractivity contribution < 1.29 is 24.2 Å². The Morgan fingerprint density at radius 3 is 2.32 bits per heavy atom. The van der Waals surface area contributed by atoms with Crippen LogP contribution < -0.4 is 10.6 Å². The third-order valence-corrected chi connectivity index (χ3v) is 7.71. The van der Waals surface area contributed by atoms with Gasteiger partial charge in [-0.15, -0.1) is 0 Å². The summed E-state index contributed by atoms with van der Waals surface area (Å²) in [6.07, 6.45) is 2.59.